The van der Waals surface area contributed by atoms with E-state index in [2.05, 4.69) is 41.7 Å². The maximum absolute atomic E-state index is 5.87. The summed E-state index contributed by atoms with van der Waals surface area (Å²) in [5.74, 6) is 1.02. The van der Waals surface area contributed by atoms with Gasteiger partial charge in [0.25, 0.3) is 0 Å². The molecule has 0 spiro atoms. The van der Waals surface area contributed by atoms with Crippen molar-refractivity contribution in [2.24, 2.45) is 0 Å². The first-order chi connectivity index (χ1) is 10.4. The molecule has 106 valence electrons. The summed E-state index contributed by atoms with van der Waals surface area (Å²) < 4.78 is 5.87. The minimum atomic E-state index is 0.549. The van der Waals surface area contributed by atoms with Gasteiger partial charge in [0.2, 0.25) is 0 Å². The highest BCUT2D eigenvalue weighted by Crippen LogP contribution is 2.22. The normalized spacial score (nSPS) is 17.8. The number of aryl methyl sites for hydroxylation is 1. The number of furan rings is 1. The van der Waals surface area contributed by atoms with Gasteiger partial charge in [-0.1, -0.05) is 42.5 Å². The maximum atomic E-state index is 5.87. The molecule has 21 heavy (non-hydrogen) atoms. The Labute approximate surface area is 124 Å². The molecule has 1 atom stereocenters. The van der Waals surface area contributed by atoms with Crippen LogP contribution < -0.4 is 5.32 Å². The zero-order chi connectivity index (χ0) is 14.1. The van der Waals surface area contributed by atoms with E-state index in [1.165, 1.54) is 29.4 Å². The number of para-hydroxylation sites is 1. The van der Waals surface area contributed by atoms with E-state index in [-0.39, 0.29) is 0 Å². The number of nitrogens with one attached hydrogen (secondary N) is 1. The zero-order valence-electron chi connectivity index (χ0n) is 12.0. The smallest absolute Gasteiger partial charge is 0.134 e. The van der Waals surface area contributed by atoms with Crippen LogP contribution in [0.1, 0.15) is 23.3 Å². The van der Waals surface area contributed by atoms with Gasteiger partial charge in [0, 0.05) is 11.4 Å². The molecule has 1 aromatic heterocycles. The standard InChI is InChI=1S/C19H19NO/c1-2-6-15-11-17(10-9-14(15)5-1)20-13-18-12-16-7-3-4-8-19(16)21-18/h1-8,12,17,20H,9-11,13H2. The molecule has 1 aliphatic carbocycles. The SMILES string of the molecule is c1ccc2c(c1)CCC(NCc1cc3ccccc3o1)C2. The van der Waals surface area contributed by atoms with E-state index >= 15 is 0 Å². The lowest BCUT2D eigenvalue weighted by Gasteiger charge is -2.25. The summed E-state index contributed by atoms with van der Waals surface area (Å²) in [6.45, 7) is 0.807. The van der Waals surface area contributed by atoms with Crippen LogP contribution in [0.2, 0.25) is 0 Å². The average Bonchev–Trinajstić information content (AvgIpc) is 2.95. The van der Waals surface area contributed by atoms with Crippen LogP contribution >= 0.6 is 0 Å². The van der Waals surface area contributed by atoms with Gasteiger partial charge in [0.1, 0.15) is 11.3 Å². The van der Waals surface area contributed by atoms with Crippen molar-refractivity contribution < 1.29 is 4.42 Å². The molecule has 0 bridgehead atoms. The zero-order valence-corrected chi connectivity index (χ0v) is 12.0. The quantitative estimate of drug-likeness (QED) is 0.780. The van der Waals surface area contributed by atoms with Crippen molar-refractivity contribution in [1.29, 1.82) is 0 Å². The third-order valence-electron chi connectivity index (χ3n) is 4.39. The van der Waals surface area contributed by atoms with Crippen LogP contribution in [0.5, 0.6) is 0 Å². The molecule has 2 nitrogen and oxygen atoms in total. The van der Waals surface area contributed by atoms with Crippen molar-refractivity contribution in [3.05, 3.63) is 71.5 Å². The monoisotopic (exact) mass is 277 g/mol. The first-order valence-electron chi connectivity index (χ1n) is 7.66. The summed E-state index contributed by atoms with van der Waals surface area (Å²) in [5.41, 5.74) is 3.98. The first kappa shape index (κ1) is 12.7. The van der Waals surface area contributed by atoms with E-state index in [1.807, 2.05) is 18.2 Å². The van der Waals surface area contributed by atoms with Crippen LogP contribution in [0.4, 0.5) is 0 Å². The first-order valence-corrected chi connectivity index (χ1v) is 7.66. The summed E-state index contributed by atoms with van der Waals surface area (Å²) in [6, 6.07) is 19.7. The molecule has 1 N–H and O–H groups in total. The van der Waals surface area contributed by atoms with E-state index in [0.717, 1.165) is 24.3 Å². The molecule has 0 saturated carbocycles. The predicted molar refractivity (Wildman–Crippen MR) is 85.3 cm³/mol. The van der Waals surface area contributed by atoms with Crippen molar-refractivity contribution in [1.82, 2.24) is 5.32 Å². The molecule has 2 heteroatoms. The number of fused-ring (bicyclic) bond motifs is 2. The molecule has 4 rings (SSSR count). The number of rotatable bonds is 3. The number of hydrogen-bond acceptors (Lipinski definition) is 2. The van der Waals surface area contributed by atoms with Gasteiger partial charge in [-0.15, -0.1) is 0 Å². The van der Waals surface area contributed by atoms with Crippen LogP contribution in [-0.2, 0) is 19.4 Å². The van der Waals surface area contributed by atoms with Crippen LogP contribution in [0, 0.1) is 0 Å². The van der Waals surface area contributed by atoms with Crippen molar-refractivity contribution in [3.8, 4) is 0 Å². The molecule has 3 aromatic rings. The third kappa shape index (κ3) is 2.59. The van der Waals surface area contributed by atoms with Gasteiger partial charge in [-0.25, -0.2) is 0 Å². The van der Waals surface area contributed by atoms with Crippen LogP contribution in [0.25, 0.3) is 11.0 Å². The van der Waals surface area contributed by atoms with Gasteiger partial charge in [-0.2, -0.15) is 0 Å². The second-order valence-electron chi connectivity index (χ2n) is 5.84. The van der Waals surface area contributed by atoms with E-state index in [1.54, 1.807) is 0 Å². The van der Waals surface area contributed by atoms with Crippen molar-refractivity contribution in [2.45, 2.75) is 31.8 Å². The molecule has 0 saturated heterocycles. The van der Waals surface area contributed by atoms with E-state index < -0.39 is 0 Å². The van der Waals surface area contributed by atoms with Crippen LogP contribution in [0.3, 0.4) is 0 Å². The molecule has 0 fully saturated rings. The van der Waals surface area contributed by atoms with Gasteiger partial charge in [-0.3, -0.25) is 0 Å². The van der Waals surface area contributed by atoms with Crippen molar-refractivity contribution in [2.75, 3.05) is 0 Å². The van der Waals surface area contributed by atoms with Crippen molar-refractivity contribution >= 4 is 11.0 Å². The lowest BCUT2D eigenvalue weighted by Crippen LogP contribution is -2.33. The van der Waals surface area contributed by atoms with Gasteiger partial charge >= 0.3 is 0 Å². The van der Waals surface area contributed by atoms with Crippen LogP contribution in [-0.4, -0.2) is 6.04 Å². The number of hydrogen-bond donors (Lipinski definition) is 1. The topological polar surface area (TPSA) is 25.2 Å². The lowest BCUT2D eigenvalue weighted by molar-refractivity contribution is 0.425. The number of benzene rings is 2. The Morgan fingerprint density at radius 1 is 1.00 bits per heavy atom. The highest BCUT2D eigenvalue weighted by Gasteiger charge is 2.18. The largest absolute Gasteiger partial charge is 0.460 e. The molecule has 1 unspecified atom stereocenters. The summed E-state index contributed by atoms with van der Waals surface area (Å²) in [6.07, 6.45) is 3.50. The fraction of sp³-hybridized carbons (Fsp3) is 0.263. The van der Waals surface area contributed by atoms with Gasteiger partial charge < -0.3 is 9.73 Å². The van der Waals surface area contributed by atoms with Gasteiger partial charge in [-0.05, 0) is 42.5 Å². The molecular weight excluding hydrogens is 258 g/mol. The Morgan fingerprint density at radius 3 is 2.71 bits per heavy atom. The molecule has 1 aliphatic rings. The van der Waals surface area contributed by atoms with Gasteiger partial charge in [0.05, 0.1) is 6.54 Å². The second-order valence-corrected chi connectivity index (χ2v) is 5.84. The Hall–Kier alpha value is -2.06. The van der Waals surface area contributed by atoms with E-state index in [0.29, 0.717) is 6.04 Å². The summed E-state index contributed by atoms with van der Waals surface area (Å²) in [4.78, 5) is 0. The third-order valence-corrected chi connectivity index (χ3v) is 4.39. The predicted octanol–water partition coefficient (Wildman–Crippen LogP) is 4.08. The maximum Gasteiger partial charge on any atom is 0.134 e. The highest BCUT2D eigenvalue weighted by molar-refractivity contribution is 5.77. The molecular formula is C19H19NO. The minimum Gasteiger partial charge on any atom is -0.460 e. The fourth-order valence-electron chi connectivity index (χ4n) is 3.24. The molecule has 1 heterocycles. The Balaban J connectivity index is 1.43. The molecule has 2 aromatic carbocycles. The summed E-state index contributed by atoms with van der Waals surface area (Å²) in [7, 11) is 0. The summed E-state index contributed by atoms with van der Waals surface area (Å²) >= 11 is 0. The Kier molecular flexibility index (Phi) is 3.24. The minimum absolute atomic E-state index is 0.549. The van der Waals surface area contributed by atoms with Crippen molar-refractivity contribution in [3.63, 3.8) is 0 Å². The lowest BCUT2D eigenvalue weighted by atomic mass is 9.88. The molecule has 0 aliphatic heterocycles. The average molecular weight is 277 g/mol. The highest BCUT2D eigenvalue weighted by atomic mass is 16.3. The van der Waals surface area contributed by atoms with Crippen LogP contribution in [0.15, 0.2) is 59.0 Å². The van der Waals surface area contributed by atoms with E-state index in [4.69, 9.17) is 4.42 Å². The molecule has 0 amide bonds. The molecule has 0 radical (unpaired) electrons. The fourth-order valence-corrected chi connectivity index (χ4v) is 3.24. The second kappa shape index (κ2) is 5.38. The Morgan fingerprint density at radius 2 is 1.81 bits per heavy atom. The Bertz CT molecular complexity index is 726. The van der Waals surface area contributed by atoms with Gasteiger partial charge in [0.15, 0.2) is 0 Å². The summed E-state index contributed by atoms with van der Waals surface area (Å²) in [5, 5.41) is 4.83. The van der Waals surface area contributed by atoms with E-state index in [9.17, 15) is 0 Å².